The summed E-state index contributed by atoms with van der Waals surface area (Å²) < 4.78 is 1.76. The van der Waals surface area contributed by atoms with Gasteiger partial charge < -0.3 is 0 Å². The minimum atomic E-state index is 0.0395. The highest BCUT2D eigenvalue weighted by atomic mass is 79.9. The minimum Gasteiger partial charge on any atom is -0.289 e. The van der Waals surface area contributed by atoms with Gasteiger partial charge in [0.25, 0.3) is 0 Å². The average Bonchev–Trinajstić information content (AvgIpc) is 3.06. The van der Waals surface area contributed by atoms with Crippen LogP contribution in [-0.2, 0) is 0 Å². The summed E-state index contributed by atoms with van der Waals surface area (Å²) in [4.78, 5) is 26.3. The fraction of sp³-hybridized carbons (Fsp3) is 0.0909. The van der Waals surface area contributed by atoms with Crippen LogP contribution < -0.4 is 10.9 Å². The zero-order valence-corrected chi connectivity index (χ0v) is 17.2. The summed E-state index contributed by atoms with van der Waals surface area (Å²) in [5.74, 6) is 0. The molecule has 2 nitrogen and oxygen atoms in total. The minimum absolute atomic E-state index is 0.0395. The summed E-state index contributed by atoms with van der Waals surface area (Å²) in [6.07, 6.45) is 0. The van der Waals surface area contributed by atoms with Gasteiger partial charge in [-0.2, -0.15) is 0 Å². The van der Waals surface area contributed by atoms with Gasteiger partial charge in [-0.1, -0.05) is 44.0 Å². The van der Waals surface area contributed by atoms with Crippen molar-refractivity contribution < 1.29 is 0 Å². The Balaban J connectivity index is 2.20. The summed E-state index contributed by atoms with van der Waals surface area (Å²) in [7, 11) is 0. The van der Waals surface area contributed by atoms with Gasteiger partial charge in [0.15, 0.2) is 10.9 Å². The maximum absolute atomic E-state index is 13.1. The molecule has 0 fully saturated rings. The fourth-order valence-corrected chi connectivity index (χ4v) is 5.08. The van der Waals surface area contributed by atoms with Crippen LogP contribution in [0.1, 0.15) is 11.1 Å². The molecule has 126 valence electrons. The number of fused-ring (bicyclic) bond motifs is 6. The first-order valence-corrected chi connectivity index (χ1v) is 9.85. The Morgan fingerprint density at radius 3 is 1.35 bits per heavy atom. The second kappa shape index (κ2) is 5.24. The lowest BCUT2D eigenvalue weighted by Gasteiger charge is -2.06. The summed E-state index contributed by atoms with van der Waals surface area (Å²) in [5, 5.41) is 6.53. The van der Waals surface area contributed by atoms with Crippen molar-refractivity contribution in [1.29, 1.82) is 0 Å². The van der Waals surface area contributed by atoms with Crippen LogP contribution in [0.5, 0.6) is 0 Å². The second-order valence-corrected chi connectivity index (χ2v) is 8.62. The number of hydrogen-bond donors (Lipinski definition) is 0. The van der Waals surface area contributed by atoms with Crippen molar-refractivity contribution in [2.24, 2.45) is 0 Å². The number of halogens is 2. The Morgan fingerprint density at radius 1 is 0.577 bits per heavy atom. The molecule has 0 radical (unpaired) electrons. The van der Waals surface area contributed by atoms with E-state index in [0.717, 1.165) is 52.4 Å². The third-order valence-electron chi connectivity index (χ3n) is 5.45. The van der Waals surface area contributed by atoms with E-state index >= 15 is 0 Å². The van der Waals surface area contributed by atoms with Crippen LogP contribution in [0.15, 0.2) is 54.9 Å². The Labute approximate surface area is 165 Å². The molecule has 0 heterocycles. The molecule has 0 saturated carbocycles. The van der Waals surface area contributed by atoms with Crippen LogP contribution >= 0.6 is 31.9 Å². The van der Waals surface area contributed by atoms with Gasteiger partial charge in [-0.25, -0.2) is 0 Å². The first kappa shape index (κ1) is 16.2. The largest absolute Gasteiger partial charge is 0.289 e. The standard InChI is InChI=1S/C22H12Br2O2/c1-9-17-13-5-3-11(23)7-15(13)22(26)20(17)10(2)18-14-6-4-12(24)8-16(14)21(25)19(9)18/h3-8H,1-2H3. The maximum Gasteiger partial charge on any atom is 0.194 e. The number of benzene rings is 3. The fourth-order valence-electron chi connectivity index (χ4n) is 4.36. The van der Waals surface area contributed by atoms with Gasteiger partial charge in [-0.3, -0.25) is 9.59 Å². The number of aryl methyl sites for hydroxylation is 2. The van der Waals surface area contributed by atoms with Crippen LogP contribution in [0.3, 0.4) is 0 Å². The van der Waals surface area contributed by atoms with Crippen molar-refractivity contribution in [3.8, 4) is 0 Å². The van der Waals surface area contributed by atoms with E-state index in [1.165, 1.54) is 0 Å². The molecule has 5 aromatic rings. The summed E-state index contributed by atoms with van der Waals surface area (Å²) in [5.41, 5.74) is 1.87. The Bertz CT molecular complexity index is 1390. The molecule has 0 saturated heterocycles. The van der Waals surface area contributed by atoms with Crippen molar-refractivity contribution >= 4 is 74.9 Å². The SMILES string of the molecule is Cc1c2c(=O)c3cc(Br)ccc3c2c(C)c2c(=O)c3cc(Br)ccc3c12. The van der Waals surface area contributed by atoms with Gasteiger partial charge in [0.1, 0.15) is 0 Å². The molecule has 26 heavy (non-hydrogen) atoms. The third-order valence-corrected chi connectivity index (χ3v) is 6.43. The summed E-state index contributed by atoms with van der Waals surface area (Å²) in [6, 6.07) is 11.5. The Hall–Kier alpha value is -2.04. The van der Waals surface area contributed by atoms with Crippen LogP contribution in [0, 0.1) is 13.8 Å². The van der Waals surface area contributed by atoms with Gasteiger partial charge in [-0.05, 0) is 70.8 Å². The molecule has 0 N–H and O–H groups in total. The van der Waals surface area contributed by atoms with Gasteiger partial charge in [0.05, 0.1) is 0 Å². The molecule has 0 aliphatic carbocycles. The van der Waals surface area contributed by atoms with Crippen molar-refractivity contribution in [1.82, 2.24) is 0 Å². The van der Waals surface area contributed by atoms with E-state index in [1.54, 1.807) is 0 Å². The van der Waals surface area contributed by atoms with Gasteiger partial charge in [0, 0.05) is 30.5 Å². The van der Waals surface area contributed by atoms with E-state index in [1.807, 2.05) is 50.2 Å². The van der Waals surface area contributed by atoms with E-state index in [2.05, 4.69) is 31.9 Å². The lowest BCUT2D eigenvalue weighted by Crippen LogP contribution is -2.00. The molecule has 0 aromatic heterocycles. The van der Waals surface area contributed by atoms with Crippen molar-refractivity contribution in [3.05, 3.63) is 76.9 Å². The normalized spacial score (nSPS) is 12.2. The van der Waals surface area contributed by atoms with Crippen molar-refractivity contribution in [3.63, 3.8) is 0 Å². The smallest absolute Gasteiger partial charge is 0.194 e. The van der Waals surface area contributed by atoms with Gasteiger partial charge >= 0.3 is 0 Å². The second-order valence-electron chi connectivity index (χ2n) is 6.79. The highest BCUT2D eigenvalue weighted by Crippen LogP contribution is 2.39. The average molecular weight is 468 g/mol. The molecule has 5 aromatic carbocycles. The molecule has 0 aliphatic heterocycles. The molecule has 4 heteroatoms. The van der Waals surface area contributed by atoms with Crippen LogP contribution in [0.25, 0.3) is 43.1 Å². The molecule has 0 bridgehead atoms. The topological polar surface area (TPSA) is 34.1 Å². The zero-order valence-electron chi connectivity index (χ0n) is 14.0. The number of rotatable bonds is 0. The highest BCUT2D eigenvalue weighted by Gasteiger charge is 2.22. The van der Waals surface area contributed by atoms with Gasteiger partial charge in [0.2, 0.25) is 0 Å². The third kappa shape index (κ3) is 1.86. The Kier molecular flexibility index (Phi) is 3.26. The zero-order chi connectivity index (χ0) is 18.3. The van der Waals surface area contributed by atoms with Crippen LogP contribution in [-0.4, -0.2) is 0 Å². The molecule has 0 atom stereocenters. The lowest BCUT2D eigenvalue weighted by atomic mass is 9.96. The molecule has 0 spiro atoms. The first-order valence-electron chi connectivity index (χ1n) is 8.26. The van der Waals surface area contributed by atoms with Gasteiger partial charge in [-0.15, -0.1) is 0 Å². The first-order chi connectivity index (χ1) is 12.4. The van der Waals surface area contributed by atoms with Crippen molar-refractivity contribution in [2.45, 2.75) is 13.8 Å². The monoisotopic (exact) mass is 466 g/mol. The quantitative estimate of drug-likeness (QED) is 0.278. The van der Waals surface area contributed by atoms with E-state index < -0.39 is 0 Å². The predicted octanol–water partition coefficient (Wildman–Crippen LogP) is 6.04. The summed E-state index contributed by atoms with van der Waals surface area (Å²) >= 11 is 6.91. The molecule has 0 unspecified atom stereocenters. The Morgan fingerprint density at radius 2 is 0.962 bits per heavy atom. The molecule has 5 rings (SSSR count). The molecular formula is C22H12Br2O2. The van der Waals surface area contributed by atoms with E-state index in [0.29, 0.717) is 10.8 Å². The molecular weight excluding hydrogens is 456 g/mol. The predicted molar refractivity (Wildman–Crippen MR) is 116 cm³/mol. The lowest BCUT2D eigenvalue weighted by molar-refractivity contribution is 1.55. The highest BCUT2D eigenvalue weighted by molar-refractivity contribution is 9.10. The molecule has 0 aliphatic rings. The molecule has 0 amide bonds. The van der Waals surface area contributed by atoms with Crippen LogP contribution in [0.2, 0.25) is 0 Å². The maximum atomic E-state index is 13.1. The van der Waals surface area contributed by atoms with Crippen LogP contribution in [0.4, 0.5) is 0 Å². The van der Waals surface area contributed by atoms with E-state index in [-0.39, 0.29) is 10.9 Å². The van der Waals surface area contributed by atoms with E-state index in [4.69, 9.17) is 0 Å². The van der Waals surface area contributed by atoms with Crippen molar-refractivity contribution in [2.75, 3.05) is 0 Å². The van der Waals surface area contributed by atoms with E-state index in [9.17, 15) is 9.59 Å². The summed E-state index contributed by atoms with van der Waals surface area (Å²) in [6.45, 7) is 3.92. The number of hydrogen-bond acceptors (Lipinski definition) is 2.